The first-order chi connectivity index (χ1) is 44.8. The predicted molar refractivity (Wildman–Crippen MR) is 394 cm³/mol. The van der Waals surface area contributed by atoms with Crippen LogP contribution in [0.15, 0.2) is 219 Å². The van der Waals surface area contributed by atoms with Crippen molar-refractivity contribution in [3.63, 3.8) is 0 Å². The molecular formula is C81H126NO8P. The molecule has 0 saturated carbocycles. The highest BCUT2D eigenvalue weighted by Crippen LogP contribution is 2.43. The fourth-order valence-corrected chi connectivity index (χ4v) is 9.50. The Hall–Kier alpha value is -5.67. The molecule has 91 heavy (non-hydrogen) atoms. The highest BCUT2D eigenvalue weighted by atomic mass is 31.2. The van der Waals surface area contributed by atoms with Crippen molar-refractivity contribution in [2.24, 2.45) is 5.73 Å². The Balaban J connectivity index is 4.05. The summed E-state index contributed by atoms with van der Waals surface area (Å²) >= 11 is 0. The van der Waals surface area contributed by atoms with Gasteiger partial charge in [-0.15, -0.1) is 0 Å². The van der Waals surface area contributed by atoms with Gasteiger partial charge >= 0.3 is 19.8 Å². The van der Waals surface area contributed by atoms with Crippen LogP contribution in [0.25, 0.3) is 0 Å². The van der Waals surface area contributed by atoms with Crippen LogP contribution in [-0.2, 0) is 32.7 Å². The van der Waals surface area contributed by atoms with Gasteiger partial charge in [0.25, 0.3) is 0 Å². The Bertz CT molecular complexity index is 2290. The van der Waals surface area contributed by atoms with Gasteiger partial charge in [-0.3, -0.25) is 18.6 Å². The molecule has 2 atom stereocenters. The number of ether oxygens (including phenoxy) is 2. The zero-order valence-electron chi connectivity index (χ0n) is 57.0. The van der Waals surface area contributed by atoms with E-state index in [0.717, 1.165) is 180 Å². The molecular weight excluding hydrogens is 1150 g/mol. The highest BCUT2D eigenvalue weighted by Gasteiger charge is 2.26. The number of carbonyl (C=O) groups excluding carboxylic acids is 2. The summed E-state index contributed by atoms with van der Waals surface area (Å²) in [5, 5.41) is 0. The molecule has 0 saturated heterocycles. The van der Waals surface area contributed by atoms with Crippen molar-refractivity contribution in [1.29, 1.82) is 0 Å². The molecule has 0 aromatic rings. The molecule has 0 aromatic carbocycles. The summed E-state index contributed by atoms with van der Waals surface area (Å²) < 4.78 is 33.1. The number of phosphoric ester groups is 1. The third-order valence-corrected chi connectivity index (χ3v) is 14.8. The maximum absolute atomic E-state index is 12.8. The molecule has 3 N–H and O–H groups in total. The molecule has 0 fully saturated rings. The van der Waals surface area contributed by atoms with Crippen molar-refractivity contribution in [2.75, 3.05) is 26.4 Å². The van der Waals surface area contributed by atoms with E-state index in [1.54, 1.807) is 0 Å². The number of phosphoric acid groups is 1. The van der Waals surface area contributed by atoms with Gasteiger partial charge in [-0.2, -0.15) is 0 Å². The van der Waals surface area contributed by atoms with Gasteiger partial charge in [-0.25, -0.2) is 4.57 Å². The molecule has 10 heteroatoms. The number of hydrogen-bond acceptors (Lipinski definition) is 8. The van der Waals surface area contributed by atoms with E-state index in [1.165, 1.54) is 25.7 Å². The molecule has 0 aliphatic carbocycles. The van der Waals surface area contributed by atoms with Crippen molar-refractivity contribution >= 4 is 19.8 Å². The van der Waals surface area contributed by atoms with Crippen molar-refractivity contribution < 1.29 is 37.6 Å². The number of hydrogen-bond donors (Lipinski definition) is 2. The van der Waals surface area contributed by atoms with Crippen LogP contribution in [0, 0.1) is 0 Å². The molecule has 0 amide bonds. The first-order valence-corrected chi connectivity index (χ1v) is 36.7. The van der Waals surface area contributed by atoms with Crippen molar-refractivity contribution in [3.8, 4) is 0 Å². The fourth-order valence-electron chi connectivity index (χ4n) is 8.74. The molecule has 508 valence electrons. The first kappa shape index (κ1) is 85.3. The van der Waals surface area contributed by atoms with Crippen molar-refractivity contribution in [2.45, 2.75) is 251 Å². The number of unbranched alkanes of at least 4 members (excludes halogenated alkanes) is 14. The topological polar surface area (TPSA) is 134 Å². The van der Waals surface area contributed by atoms with Gasteiger partial charge in [0.05, 0.1) is 13.2 Å². The maximum Gasteiger partial charge on any atom is 0.472 e. The van der Waals surface area contributed by atoms with Crippen LogP contribution in [0.1, 0.15) is 245 Å². The zero-order valence-corrected chi connectivity index (χ0v) is 57.9. The van der Waals surface area contributed by atoms with E-state index in [-0.39, 0.29) is 32.6 Å². The van der Waals surface area contributed by atoms with Crippen LogP contribution < -0.4 is 5.73 Å². The zero-order chi connectivity index (χ0) is 65.8. The van der Waals surface area contributed by atoms with E-state index in [9.17, 15) is 19.0 Å². The van der Waals surface area contributed by atoms with Gasteiger partial charge in [-0.1, -0.05) is 297 Å². The van der Waals surface area contributed by atoms with Crippen LogP contribution in [-0.4, -0.2) is 49.3 Å². The Morgan fingerprint density at radius 3 is 0.846 bits per heavy atom. The predicted octanol–water partition coefficient (Wildman–Crippen LogP) is 23.6. The van der Waals surface area contributed by atoms with E-state index in [0.29, 0.717) is 12.8 Å². The fraction of sp³-hybridized carbons (Fsp3) is 0.531. The second kappa shape index (κ2) is 73.4. The Labute approximate surface area is 556 Å². The monoisotopic (exact) mass is 1270 g/mol. The molecule has 2 unspecified atom stereocenters. The molecule has 0 aliphatic rings. The SMILES string of the molecule is CC/C=C\C/C=C\C/C=C\C/C=C\C/C=C\C/C=C\C/C=C\C/C=C\C/C=C\C/C=C\CCCCCCCCCCC(=O)OC(COC(=O)CCCCCCCC/C=C\C/C=C\C/C=C\C/C=C\C/C=C\C/C=C\C/C=C\C/C=C\CC)COP(=O)(O)OCCN. The van der Waals surface area contributed by atoms with Gasteiger partial charge in [0, 0.05) is 19.4 Å². The molecule has 0 aliphatic heterocycles. The maximum atomic E-state index is 12.8. The molecule has 0 radical (unpaired) electrons. The first-order valence-electron chi connectivity index (χ1n) is 35.2. The van der Waals surface area contributed by atoms with Gasteiger partial charge in [-0.05, 0) is 154 Å². The average Bonchev–Trinajstić information content (AvgIpc) is 3.71. The van der Waals surface area contributed by atoms with Crippen LogP contribution in [0.4, 0.5) is 0 Å². The Morgan fingerprint density at radius 1 is 0.330 bits per heavy atom. The Kier molecular flexibility index (Phi) is 68.8. The average molecular weight is 1270 g/mol. The summed E-state index contributed by atoms with van der Waals surface area (Å²) in [6, 6.07) is 0. The van der Waals surface area contributed by atoms with E-state index < -0.39 is 32.5 Å². The number of esters is 2. The minimum absolute atomic E-state index is 0.0377. The summed E-state index contributed by atoms with van der Waals surface area (Å²) in [6.45, 7) is 3.46. The van der Waals surface area contributed by atoms with Gasteiger partial charge in [0.2, 0.25) is 0 Å². The lowest BCUT2D eigenvalue weighted by atomic mass is 10.1. The lowest BCUT2D eigenvalue weighted by Crippen LogP contribution is -2.29. The second-order valence-electron chi connectivity index (χ2n) is 22.3. The van der Waals surface area contributed by atoms with Gasteiger partial charge in [0.1, 0.15) is 6.61 Å². The van der Waals surface area contributed by atoms with Crippen LogP contribution in [0.2, 0.25) is 0 Å². The summed E-state index contributed by atoms with van der Waals surface area (Å²) in [5.41, 5.74) is 5.40. The normalized spacial score (nSPS) is 14.3. The van der Waals surface area contributed by atoms with Crippen LogP contribution in [0.5, 0.6) is 0 Å². The van der Waals surface area contributed by atoms with Crippen molar-refractivity contribution in [1.82, 2.24) is 0 Å². The summed E-state index contributed by atoms with van der Waals surface area (Å²) in [4.78, 5) is 35.4. The third kappa shape index (κ3) is 73.3. The number of carbonyl (C=O) groups is 2. The molecule has 9 nitrogen and oxygen atoms in total. The number of nitrogens with two attached hydrogens (primary N) is 1. The summed E-state index contributed by atoms with van der Waals surface area (Å²) in [6.07, 6.45) is 114. The minimum Gasteiger partial charge on any atom is -0.462 e. The lowest BCUT2D eigenvalue weighted by molar-refractivity contribution is -0.161. The van der Waals surface area contributed by atoms with Crippen molar-refractivity contribution in [3.05, 3.63) is 219 Å². The molecule has 0 aromatic heterocycles. The summed E-state index contributed by atoms with van der Waals surface area (Å²) in [7, 11) is -4.42. The Morgan fingerprint density at radius 2 is 0.571 bits per heavy atom. The number of allylic oxidation sites excluding steroid dienone is 36. The van der Waals surface area contributed by atoms with E-state index >= 15 is 0 Å². The van der Waals surface area contributed by atoms with E-state index in [1.807, 2.05) is 0 Å². The number of rotatable bonds is 63. The largest absolute Gasteiger partial charge is 0.472 e. The quantitative estimate of drug-likeness (QED) is 0.0264. The van der Waals surface area contributed by atoms with E-state index in [4.69, 9.17) is 24.3 Å². The standard InChI is InChI=1S/C81H126NO8P/c1-3-5-7-9-11-13-15-17-19-21-23-25-27-29-31-33-35-36-37-38-39-40-41-42-44-46-48-50-52-54-56-58-60-62-64-66-68-70-72-74-81(84)90-79(78-89-91(85,86)88-76-75-82)77-87-80(83)73-71-69-67-65-63-61-59-57-55-53-51-49-47-45-43-34-32-30-28-26-24-22-20-18-16-14-12-10-8-6-4-2/h5-8,11-14,17-20,23-26,29-32,35-36,38-39,41-43,45-46,48-49,51-52,54-55,57,79H,3-4,9-10,15-16,21-22,27-28,33-34,37,40,44,47,50,53,56,58-78,82H2,1-2H3,(H,85,86)/b7-5-,8-6-,13-11-,14-12-,19-17-,20-18-,25-23-,26-24-,31-29-,32-30-,36-35-,39-38-,42-41-,45-43-,48-46-,51-49-,54-52-,57-55-. The molecule has 0 bridgehead atoms. The summed E-state index contributed by atoms with van der Waals surface area (Å²) in [5.74, 6) is -0.871. The van der Waals surface area contributed by atoms with Crippen LogP contribution >= 0.6 is 7.82 Å². The van der Waals surface area contributed by atoms with E-state index in [2.05, 4.69) is 233 Å². The third-order valence-electron chi connectivity index (χ3n) is 13.9. The lowest BCUT2D eigenvalue weighted by Gasteiger charge is -2.19. The molecule has 0 spiro atoms. The molecule has 0 rings (SSSR count). The highest BCUT2D eigenvalue weighted by molar-refractivity contribution is 7.47. The van der Waals surface area contributed by atoms with Gasteiger partial charge in [0.15, 0.2) is 6.10 Å². The molecule has 0 heterocycles. The van der Waals surface area contributed by atoms with Gasteiger partial charge < -0.3 is 20.1 Å². The minimum atomic E-state index is -4.42. The second-order valence-corrected chi connectivity index (χ2v) is 23.7. The van der Waals surface area contributed by atoms with Crippen LogP contribution in [0.3, 0.4) is 0 Å². The smallest absolute Gasteiger partial charge is 0.462 e.